The Bertz CT molecular complexity index is 594. The van der Waals surface area contributed by atoms with E-state index < -0.39 is 0 Å². The van der Waals surface area contributed by atoms with E-state index in [0.29, 0.717) is 26.5 Å². The van der Waals surface area contributed by atoms with Gasteiger partial charge >= 0.3 is 0 Å². The van der Waals surface area contributed by atoms with Crippen molar-refractivity contribution in [2.24, 2.45) is 0 Å². The molecule has 0 radical (unpaired) electrons. The van der Waals surface area contributed by atoms with Crippen LogP contribution in [0.1, 0.15) is 5.69 Å². The maximum absolute atomic E-state index is 8.78. The monoisotopic (exact) mass is 282 g/mol. The van der Waals surface area contributed by atoms with Gasteiger partial charge < -0.3 is 0 Å². The molecule has 5 heteroatoms. The van der Waals surface area contributed by atoms with Crippen LogP contribution in [0.25, 0.3) is 11.3 Å². The second-order valence-corrected chi connectivity index (χ2v) is 4.47. The maximum Gasteiger partial charge on any atom is 0.141 e. The standard InChI is InChI=1S/C12H5Cl3N2/c13-9-4-7(5-10(14)12(9)15)11-3-1-2-8(6-16)17-11/h1-5H. The number of nitriles is 1. The highest BCUT2D eigenvalue weighted by molar-refractivity contribution is 6.48. The fourth-order valence-corrected chi connectivity index (χ4v) is 1.96. The largest absolute Gasteiger partial charge is 0.237 e. The molecule has 0 atom stereocenters. The Morgan fingerprint density at radius 3 is 2.29 bits per heavy atom. The van der Waals surface area contributed by atoms with Gasteiger partial charge in [-0.15, -0.1) is 0 Å². The molecule has 2 aromatic rings. The van der Waals surface area contributed by atoms with Gasteiger partial charge in [-0.3, -0.25) is 0 Å². The van der Waals surface area contributed by atoms with Crippen molar-refractivity contribution in [3.05, 3.63) is 51.1 Å². The lowest BCUT2D eigenvalue weighted by atomic mass is 10.1. The molecular weight excluding hydrogens is 279 g/mol. The Hall–Kier alpha value is -1.27. The van der Waals surface area contributed by atoms with Gasteiger partial charge in [0.25, 0.3) is 0 Å². The third kappa shape index (κ3) is 2.53. The average molecular weight is 284 g/mol. The van der Waals surface area contributed by atoms with E-state index in [-0.39, 0.29) is 0 Å². The van der Waals surface area contributed by atoms with Crippen molar-refractivity contribution < 1.29 is 0 Å². The molecule has 2 rings (SSSR count). The quantitative estimate of drug-likeness (QED) is 0.718. The summed E-state index contributed by atoms with van der Waals surface area (Å²) in [5, 5.41) is 9.81. The van der Waals surface area contributed by atoms with Crippen LogP contribution in [-0.2, 0) is 0 Å². The smallest absolute Gasteiger partial charge is 0.141 e. The van der Waals surface area contributed by atoms with E-state index in [2.05, 4.69) is 4.98 Å². The van der Waals surface area contributed by atoms with Gasteiger partial charge in [-0.25, -0.2) is 4.98 Å². The fraction of sp³-hybridized carbons (Fsp3) is 0. The lowest BCUT2D eigenvalue weighted by Crippen LogP contribution is -1.87. The molecule has 0 spiro atoms. The first kappa shape index (κ1) is 12.2. The van der Waals surface area contributed by atoms with Crippen molar-refractivity contribution >= 4 is 34.8 Å². The summed E-state index contributed by atoms with van der Waals surface area (Å²) >= 11 is 17.7. The summed E-state index contributed by atoms with van der Waals surface area (Å²) < 4.78 is 0. The normalized spacial score (nSPS) is 10.0. The third-order valence-corrected chi connectivity index (χ3v) is 3.34. The zero-order valence-corrected chi connectivity index (χ0v) is 10.7. The van der Waals surface area contributed by atoms with Crippen LogP contribution < -0.4 is 0 Å². The molecule has 0 aliphatic rings. The Morgan fingerprint density at radius 1 is 1.06 bits per heavy atom. The summed E-state index contributed by atoms with van der Waals surface area (Å²) in [6.45, 7) is 0. The van der Waals surface area contributed by atoms with Crippen molar-refractivity contribution in [2.75, 3.05) is 0 Å². The Morgan fingerprint density at radius 2 is 1.71 bits per heavy atom. The highest BCUT2D eigenvalue weighted by atomic mass is 35.5. The Kier molecular flexibility index (Phi) is 3.54. The number of nitrogens with zero attached hydrogens (tertiary/aromatic N) is 2. The van der Waals surface area contributed by atoms with Gasteiger partial charge in [0, 0.05) is 5.56 Å². The number of hydrogen-bond acceptors (Lipinski definition) is 2. The topological polar surface area (TPSA) is 36.7 Å². The van der Waals surface area contributed by atoms with Crippen molar-refractivity contribution in [1.82, 2.24) is 4.98 Å². The molecule has 84 valence electrons. The summed E-state index contributed by atoms with van der Waals surface area (Å²) in [6.07, 6.45) is 0. The number of hydrogen-bond donors (Lipinski definition) is 0. The first-order valence-electron chi connectivity index (χ1n) is 4.64. The van der Waals surface area contributed by atoms with Crippen molar-refractivity contribution in [1.29, 1.82) is 5.26 Å². The zero-order chi connectivity index (χ0) is 12.4. The van der Waals surface area contributed by atoms with E-state index in [4.69, 9.17) is 40.1 Å². The highest BCUT2D eigenvalue weighted by Gasteiger charge is 2.08. The van der Waals surface area contributed by atoms with Crippen molar-refractivity contribution in [2.45, 2.75) is 0 Å². The molecule has 0 saturated carbocycles. The minimum atomic E-state index is 0.313. The molecule has 1 aromatic heterocycles. The van der Waals surface area contributed by atoms with Crippen LogP contribution in [0.3, 0.4) is 0 Å². The highest BCUT2D eigenvalue weighted by Crippen LogP contribution is 2.34. The van der Waals surface area contributed by atoms with Gasteiger partial charge in [0.1, 0.15) is 11.8 Å². The van der Waals surface area contributed by atoms with Gasteiger partial charge in [0.2, 0.25) is 0 Å². The predicted octanol–water partition coefficient (Wildman–Crippen LogP) is 4.58. The van der Waals surface area contributed by atoms with Crippen LogP contribution in [0.4, 0.5) is 0 Å². The van der Waals surface area contributed by atoms with Crippen LogP contribution in [0, 0.1) is 11.3 Å². The van der Waals surface area contributed by atoms with Crippen LogP contribution in [-0.4, -0.2) is 4.98 Å². The minimum Gasteiger partial charge on any atom is -0.237 e. The molecule has 0 aliphatic carbocycles. The van der Waals surface area contributed by atoms with E-state index in [1.54, 1.807) is 30.3 Å². The maximum atomic E-state index is 8.78. The molecule has 0 N–H and O–H groups in total. The number of halogens is 3. The van der Waals surface area contributed by atoms with Gasteiger partial charge in [-0.05, 0) is 24.3 Å². The van der Waals surface area contributed by atoms with Crippen LogP contribution in [0.2, 0.25) is 15.1 Å². The average Bonchev–Trinajstić information content (AvgIpc) is 2.35. The second kappa shape index (κ2) is 4.93. The molecular formula is C12H5Cl3N2. The van der Waals surface area contributed by atoms with E-state index in [1.165, 1.54) is 0 Å². The second-order valence-electron chi connectivity index (χ2n) is 3.27. The minimum absolute atomic E-state index is 0.313. The summed E-state index contributed by atoms with van der Waals surface area (Å²) in [6, 6.07) is 10.5. The number of benzene rings is 1. The molecule has 0 amide bonds. The molecule has 0 saturated heterocycles. The zero-order valence-electron chi connectivity index (χ0n) is 8.42. The van der Waals surface area contributed by atoms with E-state index in [0.717, 1.165) is 5.56 Å². The summed E-state index contributed by atoms with van der Waals surface area (Å²) in [5.74, 6) is 0. The molecule has 1 heterocycles. The lowest BCUT2D eigenvalue weighted by Gasteiger charge is -2.05. The molecule has 0 bridgehead atoms. The molecule has 1 aromatic carbocycles. The van der Waals surface area contributed by atoms with E-state index in [1.807, 2.05) is 6.07 Å². The van der Waals surface area contributed by atoms with Gasteiger partial charge in [-0.2, -0.15) is 5.26 Å². The summed E-state index contributed by atoms with van der Waals surface area (Å²) in [5.41, 5.74) is 1.69. The molecule has 0 unspecified atom stereocenters. The number of pyridine rings is 1. The SMILES string of the molecule is N#Cc1cccc(-c2cc(Cl)c(Cl)c(Cl)c2)n1. The van der Waals surface area contributed by atoms with Gasteiger partial charge in [0.15, 0.2) is 0 Å². The van der Waals surface area contributed by atoms with E-state index in [9.17, 15) is 0 Å². The van der Waals surface area contributed by atoms with Gasteiger partial charge in [-0.1, -0.05) is 40.9 Å². The summed E-state index contributed by atoms with van der Waals surface area (Å²) in [4.78, 5) is 4.15. The number of rotatable bonds is 1. The van der Waals surface area contributed by atoms with Crippen molar-refractivity contribution in [3.8, 4) is 17.3 Å². The Labute approximate surface area is 113 Å². The van der Waals surface area contributed by atoms with Crippen LogP contribution >= 0.6 is 34.8 Å². The van der Waals surface area contributed by atoms with Crippen LogP contribution in [0.15, 0.2) is 30.3 Å². The van der Waals surface area contributed by atoms with Crippen LogP contribution in [0.5, 0.6) is 0 Å². The molecule has 17 heavy (non-hydrogen) atoms. The first-order chi connectivity index (χ1) is 8.11. The Balaban J connectivity index is 2.57. The molecule has 2 nitrogen and oxygen atoms in total. The van der Waals surface area contributed by atoms with E-state index >= 15 is 0 Å². The first-order valence-corrected chi connectivity index (χ1v) is 5.77. The molecule has 0 fully saturated rings. The third-order valence-electron chi connectivity index (χ3n) is 2.14. The predicted molar refractivity (Wildman–Crippen MR) is 69.4 cm³/mol. The fourth-order valence-electron chi connectivity index (χ4n) is 1.36. The number of aromatic nitrogens is 1. The summed E-state index contributed by atoms with van der Waals surface area (Å²) in [7, 11) is 0. The van der Waals surface area contributed by atoms with Gasteiger partial charge in [0.05, 0.1) is 20.8 Å². The molecule has 0 aliphatic heterocycles. The lowest BCUT2D eigenvalue weighted by molar-refractivity contribution is 1.27. The van der Waals surface area contributed by atoms with Crippen molar-refractivity contribution in [3.63, 3.8) is 0 Å².